The van der Waals surface area contributed by atoms with Crippen LogP contribution in [0.5, 0.6) is 0 Å². The predicted molar refractivity (Wildman–Crippen MR) is 13.3 cm³/mol. The minimum absolute atomic E-state index is 0. The third-order valence-electron chi connectivity index (χ3n) is 0. The van der Waals surface area contributed by atoms with Crippen molar-refractivity contribution >= 4 is 23.9 Å². The summed E-state index contributed by atoms with van der Waals surface area (Å²) >= 11 is 0. The molecule has 0 aliphatic heterocycles. The summed E-state index contributed by atoms with van der Waals surface area (Å²) in [6, 6.07) is 0. The molecule has 0 fully saturated rings. The van der Waals surface area contributed by atoms with Crippen LogP contribution in [0.15, 0.2) is 0 Å². The van der Waals surface area contributed by atoms with Crippen LogP contribution in [-0.4, -0.2) is 23.9 Å². The topological polar surface area (TPSA) is 0 Å². The molecule has 0 aromatic rings. The third-order valence-corrected chi connectivity index (χ3v) is 0. The minimum atomic E-state index is 0. The fourth-order valence-electron chi connectivity index (χ4n) is 0. The van der Waals surface area contributed by atoms with Gasteiger partial charge in [-0.2, -0.15) is 0 Å². The minimum Gasteiger partial charge on any atom is -0.269 e. The first-order valence-electron chi connectivity index (χ1n) is 0. The zero-order chi connectivity index (χ0) is 0. The van der Waals surface area contributed by atoms with Crippen molar-refractivity contribution in [2.75, 3.05) is 0 Å². The molecule has 0 saturated heterocycles. The van der Waals surface area contributed by atoms with E-state index in [1.807, 2.05) is 0 Å². The summed E-state index contributed by atoms with van der Waals surface area (Å²) < 4.78 is 0. The summed E-state index contributed by atoms with van der Waals surface area (Å²) in [7, 11) is 0. The zero-order valence-electron chi connectivity index (χ0n) is 1.72. The van der Waals surface area contributed by atoms with Gasteiger partial charge in [-0.15, -0.1) is 0 Å². The average molecular weight is 179 g/mol. The van der Waals surface area contributed by atoms with Gasteiger partial charge in [0.2, 0.25) is 0 Å². The first-order valence-corrected chi connectivity index (χ1v) is 0. The van der Waals surface area contributed by atoms with E-state index in [9.17, 15) is 0 Å². The predicted octanol–water partition coefficient (Wildman–Crippen LogP) is 0.0767. The fraction of sp³-hybridized carbons (Fsp3) is 0. The molecular weight excluding hydrogens is 176 g/mol. The molecule has 4 heavy (non-hydrogen) atoms. The standard InChI is InChI=1S/3FH.Sn/h3*1H;. The van der Waals surface area contributed by atoms with Crippen LogP contribution in [-0.2, 0) is 0 Å². The molecule has 4 radical (unpaired) electrons. The van der Waals surface area contributed by atoms with Crippen LogP contribution in [0.25, 0.3) is 0 Å². The molecular formula is H3F3Sn. The molecule has 0 unspecified atom stereocenters. The van der Waals surface area contributed by atoms with Crippen LogP contribution in [0.4, 0.5) is 14.1 Å². The zero-order valence-corrected chi connectivity index (χ0v) is 4.58. The van der Waals surface area contributed by atoms with Gasteiger partial charge in [0.15, 0.2) is 0 Å². The van der Waals surface area contributed by atoms with Crippen LogP contribution >= 0.6 is 0 Å². The summed E-state index contributed by atoms with van der Waals surface area (Å²) in [6.45, 7) is 0. The Morgan fingerprint density at radius 3 is 0.500 bits per heavy atom. The summed E-state index contributed by atoms with van der Waals surface area (Å²) in [5, 5.41) is 0. The monoisotopic (exact) mass is 180 g/mol. The Morgan fingerprint density at radius 1 is 0.500 bits per heavy atom. The van der Waals surface area contributed by atoms with Gasteiger partial charge < -0.3 is 0 Å². The molecule has 0 amide bonds. The van der Waals surface area contributed by atoms with Crippen molar-refractivity contribution in [3.05, 3.63) is 0 Å². The molecule has 0 atom stereocenters. The van der Waals surface area contributed by atoms with Crippen molar-refractivity contribution in [2.45, 2.75) is 0 Å². The summed E-state index contributed by atoms with van der Waals surface area (Å²) in [6.07, 6.45) is 0. The molecule has 0 aromatic carbocycles. The Bertz CT molecular complexity index is 3.25. The normalized spacial score (nSPS) is 0. The second-order valence-electron chi connectivity index (χ2n) is 0. The molecule has 0 heterocycles. The van der Waals surface area contributed by atoms with Crippen LogP contribution in [0.3, 0.4) is 0 Å². The van der Waals surface area contributed by atoms with E-state index in [0.29, 0.717) is 0 Å². The van der Waals surface area contributed by atoms with E-state index in [-0.39, 0.29) is 38.0 Å². The second kappa shape index (κ2) is 69.4. The molecule has 0 aliphatic rings. The number of hydrogen-bond donors (Lipinski definition) is 0. The Balaban J connectivity index is 0. The quantitative estimate of drug-likeness (QED) is 0.461. The molecule has 28 valence electrons. The van der Waals surface area contributed by atoms with E-state index < -0.39 is 0 Å². The Kier molecular flexibility index (Phi) is 2960. The van der Waals surface area contributed by atoms with Crippen molar-refractivity contribution in [3.63, 3.8) is 0 Å². The number of rotatable bonds is 0. The molecule has 0 saturated carbocycles. The van der Waals surface area contributed by atoms with Crippen molar-refractivity contribution < 1.29 is 14.1 Å². The van der Waals surface area contributed by atoms with E-state index in [1.54, 1.807) is 0 Å². The second-order valence-corrected chi connectivity index (χ2v) is 0. The van der Waals surface area contributed by atoms with E-state index in [1.165, 1.54) is 0 Å². The first-order chi connectivity index (χ1) is 0. The smallest absolute Gasteiger partial charge is 0 e. The van der Waals surface area contributed by atoms with Gasteiger partial charge in [-0.1, -0.05) is 0 Å². The largest absolute Gasteiger partial charge is 0.269 e. The van der Waals surface area contributed by atoms with E-state index in [2.05, 4.69) is 0 Å². The van der Waals surface area contributed by atoms with E-state index in [4.69, 9.17) is 0 Å². The number of halogens is 3. The molecule has 0 aliphatic carbocycles. The van der Waals surface area contributed by atoms with Gasteiger partial charge in [0, 0.05) is 23.9 Å². The molecule has 0 N–H and O–H groups in total. The summed E-state index contributed by atoms with van der Waals surface area (Å²) in [5.74, 6) is 0. The maximum absolute atomic E-state index is 0. The Hall–Kier alpha value is 0.589. The molecule has 0 rings (SSSR count). The van der Waals surface area contributed by atoms with Gasteiger partial charge in [-0.3, -0.25) is 14.1 Å². The van der Waals surface area contributed by atoms with Gasteiger partial charge in [0.05, 0.1) is 0 Å². The van der Waals surface area contributed by atoms with Gasteiger partial charge in [-0.05, 0) is 0 Å². The third kappa shape index (κ3) is 18.9. The molecule has 0 aromatic heterocycles. The fourth-order valence-corrected chi connectivity index (χ4v) is 0. The molecule has 0 bridgehead atoms. The SMILES string of the molecule is F.F.F.[Sn]. The molecule has 4 heteroatoms. The summed E-state index contributed by atoms with van der Waals surface area (Å²) in [4.78, 5) is 0. The van der Waals surface area contributed by atoms with Gasteiger partial charge in [-0.25, -0.2) is 0 Å². The average Bonchev–Trinajstić information content (AvgIpc) is 0. The maximum atomic E-state index is 0. The van der Waals surface area contributed by atoms with E-state index in [0.717, 1.165) is 0 Å². The Labute approximate surface area is 38.6 Å². The number of hydrogen-bond acceptors (Lipinski definition) is 0. The van der Waals surface area contributed by atoms with Gasteiger partial charge >= 0.3 is 0 Å². The van der Waals surface area contributed by atoms with Gasteiger partial charge in [0.25, 0.3) is 0 Å². The van der Waals surface area contributed by atoms with Crippen molar-refractivity contribution in [2.24, 2.45) is 0 Å². The molecule has 0 spiro atoms. The van der Waals surface area contributed by atoms with Crippen molar-refractivity contribution in [1.29, 1.82) is 0 Å². The van der Waals surface area contributed by atoms with Crippen molar-refractivity contribution in [1.82, 2.24) is 0 Å². The van der Waals surface area contributed by atoms with Crippen LogP contribution < -0.4 is 0 Å². The first kappa shape index (κ1) is 171. The molecule has 0 nitrogen and oxygen atoms in total. The van der Waals surface area contributed by atoms with Crippen LogP contribution in [0.1, 0.15) is 0 Å². The summed E-state index contributed by atoms with van der Waals surface area (Å²) in [5.41, 5.74) is 0. The van der Waals surface area contributed by atoms with Crippen molar-refractivity contribution in [3.8, 4) is 0 Å². The van der Waals surface area contributed by atoms with E-state index >= 15 is 0 Å². The van der Waals surface area contributed by atoms with Crippen LogP contribution in [0.2, 0.25) is 0 Å². The van der Waals surface area contributed by atoms with Crippen LogP contribution in [0, 0.1) is 0 Å². The maximum Gasteiger partial charge on any atom is 0 e. The van der Waals surface area contributed by atoms with Gasteiger partial charge in [0.1, 0.15) is 0 Å². The Morgan fingerprint density at radius 2 is 0.500 bits per heavy atom.